The monoisotopic (exact) mass is 351 g/mol. The van der Waals surface area contributed by atoms with Gasteiger partial charge in [0.1, 0.15) is 24.2 Å². The van der Waals surface area contributed by atoms with E-state index in [0.29, 0.717) is 5.56 Å². The van der Waals surface area contributed by atoms with Crippen LogP contribution in [0.2, 0.25) is 0 Å². The van der Waals surface area contributed by atoms with Crippen LogP contribution < -0.4 is 4.74 Å². The molecule has 0 amide bonds. The Morgan fingerprint density at radius 1 is 1.52 bits per heavy atom. The highest BCUT2D eigenvalue weighted by molar-refractivity contribution is 9.10. The molecular weight excluding hydrogens is 345 g/mol. The molecule has 1 heterocycles. The molecule has 8 heteroatoms. The first-order chi connectivity index (χ1) is 10.0. The second kappa shape index (κ2) is 6.28. The SMILES string of the molecule is N#Cc1ncccc1COc1cc(F)c(Br)cc1[N+](=O)[O-]. The largest absolute Gasteiger partial charge is 0.482 e. The highest BCUT2D eigenvalue weighted by atomic mass is 79.9. The molecule has 0 fully saturated rings. The van der Waals surface area contributed by atoms with Crippen molar-refractivity contribution in [3.63, 3.8) is 0 Å². The Balaban J connectivity index is 2.30. The van der Waals surface area contributed by atoms with Crippen molar-refractivity contribution in [2.24, 2.45) is 0 Å². The van der Waals surface area contributed by atoms with Gasteiger partial charge < -0.3 is 4.74 Å². The molecular formula is C13H7BrFN3O3. The molecule has 6 nitrogen and oxygen atoms in total. The summed E-state index contributed by atoms with van der Waals surface area (Å²) < 4.78 is 18.7. The van der Waals surface area contributed by atoms with Gasteiger partial charge in [-0.15, -0.1) is 0 Å². The Morgan fingerprint density at radius 3 is 2.95 bits per heavy atom. The Bertz CT molecular complexity index is 746. The summed E-state index contributed by atoms with van der Waals surface area (Å²) >= 11 is 2.88. The maximum atomic E-state index is 13.5. The first-order valence-corrected chi connectivity index (χ1v) is 6.42. The van der Waals surface area contributed by atoms with E-state index < -0.39 is 10.7 Å². The number of halogens is 2. The highest BCUT2D eigenvalue weighted by Gasteiger charge is 2.19. The van der Waals surface area contributed by atoms with E-state index in [1.165, 1.54) is 6.20 Å². The van der Waals surface area contributed by atoms with E-state index in [0.717, 1.165) is 12.1 Å². The van der Waals surface area contributed by atoms with E-state index in [4.69, 9.17) is 10.00 Å². The summed E-state index contributed by atoms with van der Waals surface area (Å²) in [7, 11) is 0. The molecule has 2 rings (SSSR count). The van der Waals surface area contributed by atoms with Gasteiger partial charge in [-0.05, 0) is 22.0 Å². The summed E-state index contributed by atoms with van der Waals surface area (Å²) in [5.74, 6) is -0.893. The van der Waals surface area contributed by atoms with Crippen LogP contribution in [0.1, 0.15) is 11.3 Å². The van der Waals surface area contributed by atoms with Gasteiger partial charge in [0.05, 0.1) is 9.40 Å². The molecule has 2 aromatic rings. The third-order valence-corrected chi connectivity index (χ3v) is 3.19. The van der Waals surface area contributed by atoms with Crippen molar-refractivity contribution in [1.82, 2.24) is 4.98 Å². The third-order valence-electron chi connectivity index (χ3n) is 2.58. The molecule has 0 saturated heterocycles. The lowest BCUT2D eigenvalue weighted by Gasteiger charge is -2.08. The van der Waals surface area contributed by atoms with Gasteiger partial charge >= 0.3 is 5.69 Å². The number of nitro benzene ring substituents is 1. The molecule has 1 aromatic carbocycles. The standard InChI is InChI=1S/C13H7BrFN3O3/c14-9-4-12(18(19)20)13(5-10(9)15)21-7-8-2-1-3-17-11(8)6-16/h1-5H,7H2. The molecule has 0 N–H and O–H groups in total. The van der Waals surface area contributed by atoms with Crippen molar-refractivity contribution < 1.29 is 14.1 Å². The van der Waals surface area contributed by atoms with Crippen molar-refractivity contribution in [1.29, 1.82) is 5.26 Å². The van der Waals surface area contributed by atoms with Crippen LogP contribution in [-0.2, 0) is 6.61 Å². The van der Waals surface area contributed by atoms with Crippen molar-refractivity contribution in [2.75, 3.05) is 0 Å². The van der Waals surface area contributed by atoms with E-state index >= 15 is 0 Å². The van der Waals surface area contributed by atoms with Gasteiger partial charge in [0, 0.05) is 23.9 Å². The molecule has 0 spiro atoms. The number of ether oxygens (including phenoxy) is 1. The van der Waals surface area contributed by atoms with Gasteiger partial charge in [-0.1, -0.05) is 6.07 Å². The van der Waals surface area contributed by atoms with E-state index in [9.17, 15) is 14.5 Å². The molecule has 0 atom stereocenters. The number of hydrogen-bond donors (Lipinski definition) is 0. The fourth-order valence-corrected chi connectivity index (χ4v) is 1.92. The van der Waals surface area contributed by atoms with Gasteiger partial charge in [0.25, 0.3) is 0 Å². The molecule has 0 aliphatic heterocycles. The maximum Gasteiger partial charge on any atom is 0.312 e. The fraction of sp³-hybridized carbons (Fsp3) is 0.0769. The van der Waals surface area contributed by atoms with Gasteiger partial charge in [-0.3, -0.25) is 10.1 Å². The molecule has 0 unspecified atom stereocenters. The number of benzene rings is 1. The van der Waals surface area contributed by atoms with Crippen LogP contribution in [-0.4, -0.2) is 9.91 Å². The van der Waals surface area contributed by atoms with Gasteiger partial charge in [0.2, 0.25) is 0 Å². The number of nitrogens with zero attached hydrogens (tertiary/aromatic N) is 3. The predicted molar refractivity (Wildman–Crippen MR) is 74.0 cm³/mol. The first-order valence-electron chi connectivity index (χ1n) is 5.63. The number of nitriles is 1. The minimum Gasteiger partial charge on any atom is -0.482 e. The maximum absolute atomic E-state index is 13.5. The predicted octanol–water partition coefficient (Wildman–Crippen LogP) is 3.34. The Hall–Kier alpha value is -2.53. The van der Waals surface area contributed by atoms with E-state index in [2.05, 4.69) is 20.9 Å². The van der Waals surface area contributed by atoms with Crippen molar-refractivity contribution in [3.8, 4) is 11.8 Å². The molecule has 0 aliphatic carbocycles. The first kappa shape index (κ1) is 14.9. The summed E-state index contributed by atoms with van der Waals surface area (Å²) in [6.07, 6.45) is 1.45. The molecule has 21 heavy (non-hydrogen) atoms. The Morgan fingerprint density at radius 2 is 2.29 bits per heavy atom. The van der Waals surface area contributed by atoms with Crippen LogP contribution in [0.4, 0.5) is 10.1 Å². The molecule has 0 radical (unpaired) electrons. The average molecular weight is 352 g/mol. The summed E-state index contributed by atoms with van der Waals surface area (Å²) in [5.41, 5.74) is 0.237. The van der Waals surface area contributed by atoms with Crippen molar-refractivity contribution in [2.45, 2.75) is 6.61 Å². The number of pyridine rings is 1. The van der Waals surface area contributed by atoms with Crippen LogP contribution in [0.3, 0.4) is 0 Å². The van der Waals surface area contributed by atoms with Crippen LogP contribution in [0.15, 0.2) is 34.9 Å². The number of nitro groups is 1. The lowest BCUT2D eigenvalue weighted by Crippen LogP contribution is -2.02. The van der Waals surface area contributed by atoms with Gasteiger partial charge in [-0.25, -0.2) is 9.37 Å². The zero-order valence-corrected chi connectivity index (χ0v) is 12.0. The molecule has 0 bridgehead atoms. The average Bonchev–Trinajstić information content (AvgIpc) is 2.48. The minimum absolute atomic E-state index is 0.0272. The Labute approximate surface area is 127 Å². The summed E-state index contributed by atoms with van der Waals surface area (Å²) in [6.45, 7) is -0.126. The summed E-state index contributed by atoms with van der Waals surface area (Å²) in [6, 6.07) is 7.04. The number of rotatable bonds is 4. The van der Waals surface area contributed by atoms with E-state index in [1.807, 2.05) is 6.07 Å². The quantitative estimate of drug-likeness (QED) is 0.622. The van der Waals surface area contributed by atoms with Gasteiger partial charge in [-0.2, -0.15) is 5.26 Å². The van der Waals surface area contributed by atoms with Gasteiger partial charge in [0.15, 0.2) is 5.75 Å². The smallest absolute Gasteiger partial charge is 0.312 e. The zero-order chi connectivity index (χ0) is 15.4. The van der Waals surface area contributed by atoms with E-state index in [-0.39, 0.29) is 28.2 Å². The normalized spacial score (nSPS) is 9.95. The van der Waals surface area contributed by atoms with Crippen LogP contribution in [0, 0.1) is 27.3 Å². The Kier molecular flexibility index (Phi) is 4.45. The lowest BCUT2D eigenvalue weighted by atomic mass is 10.2. The molecule has 0 aliphatic rings. The fourth-order valence-electron chi connectivity index (χ4n) is 1.59. The minimum atomic E-state index is -0.678. The highest BCUT2D eigenvalue weighted by Crippen LogP contribution is 2.33. The molecule has 0 saturated carbocycles. The number of aromatic nitrogens is 1. The van der Waals surface area contributed by atoms with Crippen molar-refractivity contribution >= 4 is 21.6 Å². The second-order valence-corrected chi connectivity index (χ2v) is 4.76. The topological polar surface area (TPSA) is 89.0 Å². The van der Waals surface area contributed by atoms with Crippen molar-refractivity contribution in [3.05, 3.63) is 62.1 Å². The molecule has 1 aromatic heterocycles. The van der Waals surface area contributed by atoms with Crippen LogP contribution in [0.5, 0.6) is 5.75 Å². The zero-order valence-electron chi connectivity index (χ0n) is 10.4. The van der Waals surface area contributed by atoms with Crippen LogP contribution in [0.25, 0.3) is 0 Å². The van der Waals surface area contributed by atoms with E-state index in [1.54, 1.807) is 12.1 Å². The van der Waals surface area contributed by atoms with Crippen LogP contribution >= 0.6 is 15.9 Å². The number of hydrogen-bond acceptors (Lipinski definition) is 5. The summed E-state index contributed by atoms with van der Waals surface area (Å²) in [5, 5.41) is 19.8. The molecule has 106 valence electrons. The second-order valence-electron chi connectivity index (χ2n) is 3.90. The third kappa shape index (κ3) is 3.32. The summed E-state index contributed by atoms with van der Waals surface area (Å²) in [4.78, 5) is 14.1. The lowest BCUT2D eigenvalue weighted by molar-refractivity contribution is -0.386.